The predicted octanol–water partition coefficient (Wildman–Crippen LogP) is 3.62. The molecule has 160 valence electrons. The number of benzene rings is 1. The van der Waals surface area contributed by atoms with Gasteiger partial charge in [-0.3, -0.25) is 14.7 Å². The van der Waals surface area contributed by atoms with Crippen molar-refractivity contribution in [3.63, 3.8) is 0 Å². The van der Waals surface area contributed by atoms with Crippen LogP contribution in [0.2, 0.25) is 0 Å². The van der Waals surface area contributed by atoms with Gasteiger partial charge in [0.15, 0.2) is 0 Å². The lowest BCUT2D eigenvalue weighted by Crippen LogP contribution is -2.44. The summed E-state index contributed by atoms with van der Waals surface area (Å²) in [5.41, 5.74) is 2.61. The third-order valence-electron chi connectivity index (χ3n) is 5.39. The topological polar surface area (TPSA) is 77.6 Å². The van der Waals surface area contributed by atoms with Crippen LogP contribution >= 0.6 is 0 Å². The van der Waals surface area contributed by atoms with Gasteiger partial charge in [-0.2, -0.15) is 0 Å². The smallest absolute Gasteiger partial charge is 0.323 e. The maximum absolute atomic E-state index is 14.1. The van der Waals surface area contributed by atoms with Crippen LogP contribution in [-0.4, -0.2) is 52.9 Å². The van der Waals surface area contributed by atoms with Crippen molar-refractivity contribution in [2.75, 3.05) is 30.8 Å². The number of amides is 3. The second-order valence-corrected chi connectivity index (χ2v) is 7.75. The molecule has 0 aliphatic carbocycles. The number of aryl methyl sites for hydroxylation is 1. The van der Waals surface area contributed by atoms with E-state index in [0.29, 0.717) is 17.9 Å². The van der Waals surface area contributed by atoms with Gasteiger partial charge < -0.3 is 15.5 Å². The summed E-state index contributed by atoms with van der Waals surface area (Å²) in [6.07, 6.45) is 3.35. The SMILES string of the molecule is CC(=O)N(C)C1CCN(Cc2cc(F)cc(NC(=O)Nc3ccc(C)nc3)c2)CC1. The van der Waals surface area contributed by atoms with Crippen molar-refractivity contribution in [1.82, 2.24) is 14.8 Å². The molecule has 0 saturated carbocycles. The molecule has 0 atom stereocenters. The Balaban J connectivity index is 1.57. The van der Waals surface area contributed by atoms with Crippen molar-refractivity contribution >= 4 is 23.3 Å². The van der Waals surface area contributed by atoms with Crippen molar-refractivity contribution in [1.29, 1.82) is 0 Å². The summed E-state index contributed by atoms with van der Waals surface area (Å²) >= 11 is 0. The number of anilines is 2. The molecule has 0 spiro atoms. The first kappa shape index (κ1) is 21.7. The first-order valence-corrected chi connectivity index (χ1v) is 10.1. The van der Waals surface area contributed by atoms with Gasteiger partial charge in [0.25, 0.3) is 0 Å². The highest BCUT2D eigenvalue weighted by Gasteiger charge is 2.23. The number of piperidine rings is 1. The highest BCUT2D eigenvalue weighted by atomic mass is 19.1. The monoisotopic (exact) mass is 413 g/mol. The molecule has 1 aliphatic rings. The molecule has 0 radical (unpaired) electrons. The summed E-state index contributed by atoms with van der Waals surface area (Å²) in [6, 6.07) is 7.92. The van der Waals surface area contributed by atoms with Crippen LogP contribution in [0, 0.1) is 12.7 Å². The van der Waals surface area contributed by atoms with Crippen LogP contribution in [0.4, 0.5) is 20.6 Å². The van der Waals surface area contributed by atoms with E-state index in [2.05, 4.69) is 20.5 Å². The maximum Gasteiger partial charge on any atom is 0.323 e. The van der Waals surface area contributed by atoms with Gasteiger partial charge in [0.2, 0.25) is 5.91 Å². The Labute approximate surface area is 176 Å². The predicted molar refractivity (Wildman–Crippen MR) is 115 cm³/mol. The lowest BCUT2D eigenvalue weighted by atomic mass is 10.0. The Hall–Kier alpha value is -3.00. The number of hydrogen-bond donors (Lipinski definition) is 2. The zero-order chi connectivity index (χ0) is 21.7. The Morgan fingerprint density at radius 2 is 1.87 bits per heavy atom. The third-order valence-corrected chi connectivity index (χ3v) is 5.39. The summed E-state index contributed by atoms with van der Waals surface area (Å²) in [5.74, 6) is -0.319. The van der Waals surface area contributed by atoms with Crippen molar-refractivity contribution in [2.45, 2.75) is 39.3 Å². The minimum atomic E-state index is -0.453. The van der Waals surface area contributed by atoms with E-state index in [9.17, 15) is 14.0 Å². The van der Waals surface area contributed by atoms with Gasteiger partial charge in [-0.05, 0) is 55.7 Å². The molecule has 2 N–H and O–H groups in total. The van der Waals surface area contributed by atoms with Crippen LogP contribution in [0.15, 0.2) is 36.5 Å². The minimum Gasteiger partial charge on any atom is -0.343 e. The highest BCUT2D eigenvalue weighted by molar-refractivity contribution is 5.99. The van der Waals surface area contributed by atoms with Crippen LogP contribution < -0.4 is 10.6 Å². The summed E-state index contributed by atoms with van der Waals surface area (Å²) < 4.78 is 14.1. The summed E-state index contributed by atoms with van der Waals surface area (Å²) in [6.45, 7) is 5.71. The maximum atomic E-state index is 14.1. The first-order chi connectivity index (χ1) is 14.3. The van der Waals surface area contributed by atoms with E-state index in [1.54, 1.807) is 36.2 Å². The van der Waals surface area contributed by atoms with Gasteiger partial charge in [-0.25, -0.2) is 9.18 Å². The average molecular weight is 413 g/mol. The van der Waals surface area contributed by atoms with E-state index in [1.165, 1.54) is 12.1 Å². The average Bonchev–Trinajstić information content (AvgIpc) is 2.69. The van der Waals surface area contributed by atoms with Crippen molar-refractivity contribution in [3.8, 4) is 0 Å². The van der Waals surface area contributed by atoms with Gasteiger partial charge >= 0.3 is 6.03 Å². The molecule has 0 bridgehead atoms. The van der Waals surface area contributed by atoms with Crippen LogP contribution in [0.3, 0.4) is 0 Å². The largest absolute Gasteiger partial charge is 0.343 e. The number of hydrogen-bond acceptors (Lipinski definition) is 4. The molecule has 0 unspecified atom stereocenters. The number of aromatic nitrogens is 1. The van der Waals surface area contributed by atoms with E-state index in [-0.39, 0.29) is 11.9 Å². The standard InChI is InChI=1S/C22H28FN5O2/c1-15-4-5-19(13-24-15)25-22(30)26-20-11-17(10-18(23)12-20)14-28-8-6-21(7-9-28)27(3)16(2)29/h4-5,10-13,21H,6-9,14H2,1-3H3,(H2,25,26,30). The van der Waals surface area contributed by atoms with E-state index >= 15 is 0 Å². The number of carbonyl (C=O) groups is 2. The summed E-state index contributed by atoms with van der Waals surface area (Å²) in [5, 5.41) is 5.36. The second-order valence-electron chi connectivity index (χ2n) is 7.75. The molecular weight excluding hydrogens is 385 g/mol. The van der Waals surface area contributed by atoms with E-state index in [0.717, 1.165) is 37.2 Å². The molecule has 1 aromatic carbocycles. The number of nitrogens with one attached hydrogen (secondary N) is 2. The van der Waals surface area contributed by atoms with E-state index in [1.807, 2.05) is 14.0 Å². The number of pyridine rings is 1. The molecule has 1 aliphatic heterocycles. The molecule has 7 nitrogen and oxygen atoms in total. The molecule has 1 saturated heterocycles. The van der Waals surface area contributed by atoms with Gasteiger partial charge in [0.05, 0.1) is 11.9 Å². The van der Waals surface area contributed by atoms with Gasteiger partial charge in [-0.1, -0.05) is 0 Å². The molecule has 8 heteroatoms. The molecule has 30 heavy (non-hydrogen) atoms. The second kappa shape index (κ2) is 9.67. The summed E-state index contributed by atoms with van der Waals surface area (Å²) in [4.78, 5) is 31.9. The fraction of sp³-hybridized carbons (Fsp3) is 0.409. The molecule has 2 heterocycles. The number of rotatable bonds is 5. The van der Waals surface area contributed by atoms with Gasteiger partial charge in [0.1, 0.15) is 5.82 Å². The molecule has 2 aromatic rings. The Morgan fingerprint density at radius 3 is 2.50 bits per heavy atom. The van der Waals surface area contributed by atoms with Crippen LogP contribution in [0.1, 0.15) is 31.0 Å². The quantitative estimate of drug-likeness (QED) is 0.785. The Bertz CT molecular complexity index is 895. The minimum absolute atomic E-state index is 0.0778. The fourth-order valence-corrected chi connectivity index (χ4v) is 3.63. The molecule has 1 aromatic heterocycles. The van der Waals surface area contributed by atoms with Gasteiger partial charge in [0, 0.05) is 51.0 Å². The van der Waals surface area contributed by atoms with Crippen LogP contribution in [0.25, 0.3) is 0 Å². The normalized spacial score (nSPS) is 14.9. The zero-order valence-corrected chi connectivity index (χ0v) is 17.6. The molecule has 1 fully saturated rings. The molecule has 3 amide bonds. The van der Waals surface area contributed by atoms with Crippen molar-refractivity contribution < 1.29 is 14.0 Å². The molecular formula is C22H28FN5O2. The number of urea groups is 1. The number of carbonyl (C=O) groups excluding carboxylic acids is 2. The first-order valence-electron chi connectivity index (χ1n) is 10.1. The van der Waals surface area contributed by atoms with Gasteiger partial charge in [-0.15, -0.1) is 0 Å². The lowest BCUT2D eigenvalue weighted by molar-refractivity contribution is -0.130. The van der Waals surface area contributed by atoms with Crippen LogP contribution in [-0.2, 0) is 11.3 Å². The Kier molecular flexibility index (Phi) is 6.99. The Morgan fingerprint density at radius 1 is 1.17 bits per heavy atom. The summed E-state index contributed by atoms with van der Waals surface area (Å²) in [7, 11) is 1.84. The number of nitrogens with zero attached hydrogens (tertiary/aromatic N) is 3. The van der Waals surface area contributed by atoms with Crippen molar-refractivity contribution in [2.24, 2.45) is 0 Å². The number of halogens is 1. The third kappa shape index (κ3) is 6.00. The molecule has 3 rings (SSSR count). The van der Waals surface area contributed by atoms with Crippen LogP contribution in [0.5, 0.6) is 0 Å². The number of likely N-dealkylation sites (tertiary alicyclic amines) is 1. The van der Waals surface area contributed by atoms with Crippen molar-refractivity contribution in [3.05, 3.63) is 53.6 Å². The highest BCUT2D eigenvalue weighted by Crippen LogP contribution is 2.20. The zero-order valence-electron chi connectivity index (χ0n) is 17.6. The van der Waals surface area contributed by atoms with E-state index < -0.39 is 11.8 Å². The lowest BCUT2D eigenvalue weighted by Gasteiger charge is -2.36. The van der Waals surface area contributed by atoms with E-state index in [4.69, 9.17) is 0 Å². The fourth-order valence-electron chi connectivity index (χ4n) is 3.63.